The van der Waals surface area contributed by atoms with Gasteiger partial charge in [0.15, 0.2) is 5.69 Å². The average molecular weight is 267 g/mol. The largest absolute Gasteiger partial charge is 0.434 e. The van der Waals surface area contributed by atoms with Crippen molar-refractivity contribution >= 4 is 17.2 Å². The zero-order chi connectivity index (χ0) is 13.1. The Morgan fingerprint density at radius 1 is 1.65 bits per heavy atom. The fraction of sp³-hybridized carbons (Fsp3) is 0.556. The average Bonchev–Trinajstić information content (AvgIpc) is 2.72. The number of nitrogens with two attached hydrogens (primary N) is 1. The zero-order valence-electron chi connectivity index (χ0n) is 9.04. The first-order valence-electron chi connectivity index (χ1n) is 4.84. The number of alkyl halides is 3. The van der Waals surface area contributed by atoms with Crippen LogP contribution in [0, 0.1) is 5.92 Å². The molecule has 0 aliphatic rings. The molecule has 1 atom stereocenters. The van der Waals surface area contributed by atoms with Crippen molar-refractivity contribution in [2.75, 3.05) is 6.54 Å². The lowest BCUT2D eigenvalue weighted by atomic mass is 10.2. The Morgan fingerprint density at radius 3 is 2.76 bits per heavy atom. The molecule has 4 nitrogen and oxygen atoms in total. The van der Waals surface area contributed by atoms with Crippen molar-refractivity contribution in [1.82, 2.24) is 10.3 Å². The van der Waals surface area contributed by atoms with Crippen molar-refractivity contribution in [2.24, 2.45) is 11.7 Å². The maximum Gasteiger partial charge on any atom is 0.434 e. The first-order chi connectivity index (χ1) is 7.84. The van der Waals surface area contributed by atoms with Gasteiger partial charge in [-0.3, -0.25) is 4.79 Å². The molecule has 0 saturated heterocycles. The molecule has 0 radical (unpaired) electrons. The highest BCUT2D eigenvalue weighted by Crippen LogP contribution is 2.29. The summed E-state index contributed by atoms with van der Waals surface area (Å²) in [6.45, 7) is 1.82. The van der Waals surface area contributed by atoms with E-state index in [2.05, 4.69) is 10.3 Å². The molecule has 17 heavy (non-hydrogen) atoms. The van der Waals surface area contributed by atoms with E-state index in [-0.39, 0.29) is 29.9 Å². The third-order valence-corrected chi connectivity index (χ3v) is 2.91. The van der Waals surface area contributed by atoms with Crippen LogP contribution in [0.2, 0.25) is 0 Å². The van der Waals surface area contributed by atoms with E-state index >= 15 is 0 Å². The van der Waals surface area contributed by atoms with Crippen molar-refractivity contribution in [1.29, 1.82) is 0 Å². The van der Waals surface area contributed by atoms with Crippen molar-refractivity contribution in [3.8, 4) is 0 Å². The number of rotatable bonds is 4. The van der Waals surface area contributed by atoms with Gasteiger partial charge in [0, 0.05) is 17.8 Å². The van der Waals surface area contributed by atoms with Crippen LogP contribution in [0.4, 0.5) is 13.2 Å². The van der Waals surface area contributed by atoms with Gasteiger partial charge >= 0.3 is 6.18 Å². The second-order valence-electron chi connectivity index (χ2n) is 3.48. The molecular weight excluding hydrogens is 255 g/mol. The summed E-state index contributed by atoms with van der Waals surface area (Å²) < 4.78 is 36.7. The molecule has 0 aliphatic heterocycles. The van der Waals surface area contributed by atoms with Gasteiger partial charge in [-0.05, 0) is 0 Å². The van der Waals surface area contributed by atoms with Gasteiger partial charge in [0.25, 0.3) is 0 Å². The number of amides is 1. The zero-order valence-corrected chi connectivity index (χ0v) is 9.86. The molecule has 0 spiro atoms. The molecule has 3 N–H and O–H groups in total. The summed E-state index contributed by atoms with van der Waals surface area (Å²) in [5.41, 5.74) is 4.35. The molecule has 0 saturated carbocycles. The van der Waals surface area contributed by atoms with Crippen LogP contribution in [0.25, 0.3) is 0 Å². The fourth-order valence-electron chi connectivity index (χ4n) is 0.966. The van der Waals surface area contributed by atoms with Gasteiger partial charge in [-0.1, -0.05) is 6.92 Å². The van der Waals surface area contributed by atoms with Crippen LogP contribution in [0.1, 0.15) is 17.6 Å². The Bertz CT molecular complexity index is 391. The van der Waals surface area contributed by atoms with Gasteiger partial charge in [0.2, 0.25) is 5.91 Å². The number of hydrogen-bond acceptors (Lipinski definition) is 4. The molecule has 1 amide bonds. The minimum atomic E-state index is -4.44. The molecule has 96 valence electrons. The maximum atomic E-state index is 12.2. The smallest absolute Gasteiger partial charge is 0.349 e. The van der Waals surface area contributed by atoms with E-state index in [0.29, 0.717) is 0 Å². The van der Waals surface area contributed by atoms with Crippen molar-refractivity contribution in [3.63, 3.8) is 0 Å². The summed E-state index contributed by atoms with van der Waals surface area (Å²) in [6, 6.07) is 0. The first-order valence-corrected chi connectivity index (χ1v) is 5.72. The normalized spacial score (nSPS) is 13.5. The fourth-order valence-corrected chi connectivity index (χ4v) is 1.71. The number of thiazole rings is 1. The van der Waals surface area contributed by atoms with Crippen LogP contribution in [-0.2, 0) is 17.5 Å². The lowest BCUT2D eigenvalue weighted by molar-refractivity contribution is -0.140. The van der Waals surface area contributed by atoms with E-state index in [0.717, 1.165) is 16.7 Å². The maximum absolute atomic E-state index is 12.2. The van der Waals surface area contributed by atoms with Gasteiger partial charge in [-0.25, -0.2) is 4.98 Å². The Balaban J connectivity index is 2.54. The Morgan fingerprint density at radius 2 is 2.29 bits per heavy atom. The van der Waals surface area contributed by atoms with Crippen LogP contribution in [0.3, 0.4) is 0 Å². The number of hydrogen-bond donors (Lipinski definition) is 2. The van der Waals surface area contributed by atoms with Crippen molar-refractivity contribution in [2.45, 2.75) is 19.6 Å². The molecule has 8 heteroatoms. The molecule has 1 aromatic rings. The number of aromatic nitrogens is 1. The quantitative estimate of drug-likeness (QED) is 0.865. The predicted molar refractivity (Wildman–Crippen MR) is 57.2 cm³/mol. The SMILES string of the molecule is CC(CN)C(=O)NCc1nc(C(F)(F)F)cs1. The van der Waals surface area contributed by atoms with Gasteiger partial charge in [-0.15, -0.1) is 11.3 Å². The van der Waals surface area contributed by atoms with E-state index in [1.807, 2.05) is 0 Å². The van der Waals surface area contributed by atoms with Gasteiger partial charge in [-0.2, -0.15) is 13.2 Å². The first kappa shape index (κ1) is 13.9. The third kappa shape index (κ3) is 3.97. The molecule has 1 heterocycles. The number of carbonyl (C=O) groups is 1. The van der Waals surface area contributed by atoms with Crippen LogP contribution < -0.4 is 11.1 Å². The van der Waals surface area contributed by atoms with Crippen molar-refractivity contribution < 1.29 is 18.0 Å². The van der Waals surface area contributed by atoms with Crippen LogP contribution in [0.15, 0.2) is 5.38 Å². The second kappa shape index (κ2) is 5.46. The van der Waals surface area contributed by atoms with Crippen LogP contribution in [0.5, 0.6) is 0 Å². The van der Waals surface area contributed by atoms with E-state index in [9.17, 15) is 18.0 Å². The van der Waals surface area contributed by atoms with Gasteiger partial charge < -0.3 is 11.1 Å². The molecular formula is C9H12F3N3OS. The van der Waals surface area contributed by atoms with Crippen molar-refractivity contribution in [3.05, 3.63) is 16.1 Å². The van der Waals surface area contributed by atoms with Gasteiger partial charge in [0.1, 0.15) is 5.01 Å². The standard InChI is InChI=1S/C9H12F3N3OS/c1-5(2-13)8(16)14-3-7-15-6(4-17-7)9(10,11)12/h4-5H,2-3,13H2,1H3,(H,14,16). The molecule has 1 aromatic heterocycles. The van der Waals surface area contributed by atoms with E-state index < -0.39 is 11.9 Å². The number of nitrogens with one attached hydrogen (secondary N) is 1. The highest BCUT2D eigenvalue weighted by atomic mass is 32.1. The Kier molecular flexibility index (Phi) is 4.47. The van der Waals surface area contributed by atoms with Crippen LogP contribution >= 0.6 is 11.3 Å². The molecule has 1 unspecified atom stereocenters. The topological polar surface area (TPSA) is 68.0 Å². The molecule has 1 rings (SSSR count). The monoisotopic (exact) mass is 267 g/mol. The molecule has 0 bridgehead atoms. The molecule has 0 aliphatic carbocycles. The van der Waals surface area contributed by atoms with Gasteiger partial charge in [0.05, 0.1) is 6.54 Å². The summed E-state index contributed by atoms with van der Waals surface area (Å²) in [6.07, 6.45) is -4.44. The molecule has 0 fully saturated rings. The highest BCUT2D eigenvalue weighted by molar-refractivity contribution is 7.09. The van der Waals surface area contributed by atoms with E-state index in [1.165, 1.54) is 0 Å². The Labute approximate surface area is 100 Å². The third-order valence-electron chi connectivity index (χ3n) is 2.06. The summed E-state index contributed by atoms with van der Waals surface area (Å²) in [5, 5.41) is 3.62. The van der Waals surface area contributed by atoms with E-state index in [1.54, 1.807) is 6.92 Å². The summed E-state index contributed by atoms with van der Waals surface area (Å²) in [7, 11) is 0. The highest BCUT2D eigenvalue weighted by Gasteiger charge is 2.33. The minimum Gasteiger partial charge on any atom is -0.349 e. The number of halogens is 3. The van der Waals surface area contributed by atoms with Crippen LogP contribution in [-0.4, -0.2) is 17.4 Å². The summed E-state index contributed by atoms with van der Waals surface area (Å²) >= 11 is 0.861. The second-order valence-corrected chi connectivity index (χ2v) is 4.42. The lowest BCUT2D eigenvalue weighted by Gasteiger charge is -2.08. The number of nitrogens with zero attached hydrogens (tertiary/aromatic N) is 1. The number of carbonyl (C=O) groups excluding carboxylic acids is 1. The summed E-state index contributed by atoms with van der Waals surface area (Å²) in [4.78, 5) is 14.7. The lowest BCUT2D eigenvalue weighted by Crippen LogP contribution is -2.32. The Hall–Kier alpha value is -1.15. The minimum absolute atomic E-state index is 0.0100. The predicted octanol–water partition coefficient (Wildman–Crippen LogP) is 1.37. The van der Waals surface area contributed by atoms with E-state index in [4.69, 9.17) is 5.73 Å². The molecule has 0 aromatic carbocycles. The summed E-state index contributed by atoms with van der Waals surface area (Å²) in [5.74, 6) is -0.659.